The minimum atomic E-state index is -0.833. The van der Waals surface area contributed by atoms with Crippen molar-refractivity contribution in [3.05, 3.63) is 40.7 Å². The number of piperidine rings is 1. The van der Waals surface area contributed by atoms with E-state index in [1.165, 1.54) is 18.4 Å². The van der Waals surface area contributed by atoms with Crippen LogP contribution in [0.2, 0.25) is 0 Å². The number of carboxylic acid groups (broad SMARTS) is 2. The summed E-state index contributed by atoms with van der Waals surface area (Å²) >= 11 is 0. The van der Waals surface area contributed by atoms with Crippen LogP contribution in [0.3, 0.4) is 0 Å². The second-order valence-electron chi connectivity index (χ2n) is 4.37. The molecule has 6 N–H and O–H groups in total. The van der Waals surface area contributed by atoms with E-state index in [0.29, 0.717) is 0 Å². The van der Waals surface area contributed by atoms with E-state index in [-0.39, 0.29) is 62.8 Å². The molecule has 0 aromatic carbocycles. The molecule has 0 bridgehead atoms. The van der Waals surface area contributed by atoms with Crippen LogP contribution in [0.4, 0.5) is 0 Å². The van der Waals surface area contributed by atoms with Crippen LogP contribution >= 0.6 is 0 Å². The minimum Gasteiger partial charge on any atom is -0.693 e. The van der Waals surface area contributed by atoms with Gasteiger partial charge in [-0.2, -0.15) is 6.20 Å². The number of rotatable bonds is 1. The van der Waals surface area contributed by atoms with Crippen LogP contribution in [-0.4, -0.2) is 47.3 Å². The Labute approximate surface area is 181 Å². The predicted octanol–water partition coefficient (Wildman–Crippen LogP) is 2.66. The Morgan fingerprint density at radius 1 is 1.12 bits per heavy atom. The Kier molecular flexibility index (Phi) is 41.1. The molecule has 8 nitrogen and oxygen atoms in total. The van der Waals surface area contributed by atoms with Crippen LogP contribution in [0.1, 0.15) is 26.7 Å². The van der Waals surface area contributed by atoms with Crippen molar-refractivity contribution >= 4 is 11.9 Å². The molecule has 2 rings (SSSR count). The van der Waals surface area contributed by atoms with E-state index >= 15 is 0 Å². The van der Waals surface area contributed by atoms with Crippen molar-refractivity contribution in [3.8, 4) is 0 Å². The minimum absolute atomic E-state index is 0. The standard InChI is InChI=1S/C10H14N2.2C2H4O2.3Cu.H2N.H2O/c1-5-11-6-2-9(1)10-3-7-12-8-4-10;2*1-2(3)4;;;;;/h1-2,5,10H,3-4,6-8H2;2*1H3,(H,3,4);;;;2*1H2/q-2;;;;+1;+2;-1;. The van der Waals surface area contributed by atoms with Crippen LogP contribution in [0.5, 0.6) is 0 Å². The summed E-state index contributed by atoms with van der Waals surface area (Å²) in [7, 11) is 0. The zero-order chi connectivity index (χ0) is 15.4. The first-order valence-corrected chi connectivity index (χ1v) is 6.49. The maximum absolute atomic E-state index is 9.00. The first-order valence-electron chi connectivity index (χ1n) is 6.49. The summed E-state index contributed by atoms with van der Waals surface area (Å²) in [6.45, 7) is 5.14. The number of carbonyl (C=O) groups is 2. The SMILES string of the molecule is C1=CC(C2CC[N-]CC2)=CC[N-]1.CC(=O)O.CC(=O)O.O.[Cu+2].[Cu+].[Cu].[NH2-]. The molecule has 0 saturated carbocycles. The summed E-state index contributed by atoms with van der Waals surface area (Å²) in [5, 5.41) is 23.3. The molecule has 0 spiro atoms. The molecular formula is C14H26Cu3N3O5. The molecule has 0 aromatic rings. The second-order valence-corrected chi connectivity index (χ2v) is 4.37. The van der Waals surface area contributed by atoms with Gasteiger partial charge in [-0.1, -0.05) is 30.6 Å². The molecule has 1 saturated heterocycles. The van der Waals surface area contributed by atoms with E-state index in [9.17, 15) is 0 Å². The Hall–Kier alpha value is -0.342. The third-order valence-electron chi connectivity index (χ3n) is 2.55. The molecule has 0 atom stereocenters. The maximum atomic E-state index is 9.00. The maximum Gasteiger partial charge on any atom is 2.00 e. The predicted molar refractivity (Wildman–Crippen MR) is 86.8 cm³/mol. The van der Waals surface area contributed by atoms with E-state index in [2.05, 4.69) is 22.8 Å². The Balaban J connectivity index is -0.0000000611. The van der Waals surface area contributed by atoms with Crippen LogP contribution in [0, 0.1) is 5.92 Å². The van der Waals surface area contributed by atoms with Crippen molar-refractivity contribution in [1.29, 1.82) is 0 Å². The molecule has 160 valence electrons. The summed E-state index contributed by atoms with van der Waals surface area (Å²) in [6, 6.07) is 0. The van der Waals surface area contributed by atoms with Crippen LogP contribution < -0.4 is 0 Å². The third-order valence-corrected chi connectivity index (χ3v) is 2.55. The van der Waals surface area contributed by atoms with Gasteiger partial charge in [0, 0.05) is 30.9 Å². The van der Waals surface area contributed by atoms with E-state index < -0.39 is 11.9 Å². The molecule has 25 heavy (non-hydrogen) atoms. The van der Waals surface area contributed by atoms with Crippen molar-refractivity contribution in [2.24, 2.45) is 5.92 Å². The Morgan fingerprint density at radius 3 is 1.84 bits per heavy atom. The molecule has 1 fully saturated rings. The van der Waals surface area contributed by atoms with Crippen molar-refractivity contribution in [2.45, 2.75) is 26.7 Å². The molecule has 0 aliphatic carbocycles. The summed E-state index contributed by atoms with van der Waals surface area (Å²) in [5.74, 6) is -0.908. The summed E-state index contributed by atoms with van der Waals surface area (Å²) in [4.78, 5) is 18.0. The van der Waals surface area contributed by atoms with Crippen molar-refractivity contribution in [3.63, 3.8) is 0 Å². The molecule has 0 aromatic heterocycles. The quantitative estimate of drug-likeness (QED) is 0.521. The zero-order valence-electron chi connectivity index (χ0n) is 13.9. The molecule has 2 heterocycles. The van der Waals surface area contributed by atoms with E-state index in [4.69, 9.17) is 19.8 Å². The number of allylic oxidation sites excluding steroid dienone is 2. The number of carboxylic acids is 2. The van der Waals surface area contributed by atoms with Gasteiger partial charge in [0.2, 0.25) is 0 Å². The van der Waals surface area contributed by atoms with Gasteiger partial charge in [-0.3, -0.25) is 9.59 Å². The zero-order valence-corrected chi connectivity index (χ0v) is 16.8. The van der Waals surface area contributed by atoms with Gasteiger partial charge < -0.3 is 32.5 Å². The number of hydrogen-bond acceptors (Lipinski definition) is 2. The van der Waals surface area contributed by atoms with Gasteiger partial charge in [0.25, 0.3) is 11.9 Å². The van der Waals surface area contributed by atoms with Crippen LogP contribution in [0.15, 0.2) is 23.9 Å². The first kappa shape index (κ1) is 39.6. The fourth-order valence-electron chi connectivity index (χ4n) is 1.81. The van der Waals surface area contributed by atoms with Crippen molar-refractivity contribution in [2.75, 3.05) is 19.6 Å². The van der Waals surface area contributed by atoms with Gasteiger partial charge in [-0.25, -0.2) is 0 Å². The van der Waals surface area contributed by atoms with Crippen LogP contribution in [0.25, 0.3) is 16.8 Å². The van der Waals surface area contributed by atoms with E-state index in [1.54, 1.807) is 0 Å². The molecule has 0 amide bonds. The van der Waals surface area contributed by atoms with Crippen molar-refractivity contribution in [1.82, 2.24) is 0 Å². The summed E-state index contributed by atoms with van der Waals surface area (Å²) in [6.07, 6.45) is 8.79. The smallest absolute Gasteiger partial charge is 0.693 e. The average Bonchev–Trinajstić information content (AvgIpc) is 2.39. The molecule has 0 unspecified atom stereocenters. The van der Waals surface area contributed by atoms with Gasteiger partial charge in [0.1, 0.15) is 0 Å². The van der Waals surface area contributed by atoms with E-state index in [0.717, 1.165) is 39.4 Å². The molecule has 2 radical (unpaired) electrons. The summed E-state index contributed by atoms with van der Waals surface area (Å²) < 4.78 is 0. The average molecular weight is 507 g/mol. The molecular weight excluding hydrogens is 481 g/mol. The number of hydrogen-bond donors (Lipinski definition) is 2. The van der Waals surface area contributed by atoms with Crippen molar-refractivity contribution < 1.29 is 76.5 Å². The topological polar surface area (TPSA) is 168 Å². The largest absolute Gasteiger partial charge is 2.00 e. The van der Waals surface area contributed by atoms with Gasteiger partial charge in [0.15, 0.2) is 0 Å². The second kappa shape index (κ2) is 25.9. The summed E-state index contributed by atoms with van der Waals surface area (Å²) in [5.41, 5.74) is 1.49. The van der Waals surface area contributed by atoms with Gasteiger partial charge in [0.05, 0.1) is 0 Å². The van der Waals surface area contributed by atoms with Crippen LogP contribution in [-0.2, 0) is 60.8 Å². The Bertz CT molecular complexity index is 357. The fraction of sp³-hybridized carbons (Fsp3) is 0.571. The molecule has 11 heteroatoms. The molecule has 2 aliphatic rings. The number of nitrogens with zero attached hydrogens (tertiary/aromatic N) is 2. The van der Waals surface area contributed by atoms with E-state index in [1.807, 2.05) is 6.20 Å². The monoisotopic (exact) mass is 505 g/mol. The fourth-order valence-corrected chi connectivity index (χ4v) is 1.81. The number of nitrogens with two attached hydrogens (primary N) is 1. The molecule has 2 aliphatic heterocycles. The number of aliphatic carboxylic acids is 2. The third kappa shape index (κ3) is 28.7. The normalized spacial score (nSPS) is 13.9. The first-order chi connectivity index (χ1) is 9.43. The van der Waals surface area contributed by atoms with Gasteiger partial charge >= 0.3 is 34.1 Å². The Morgan fingerprint density at radius 2 is 1.52 bits per heavy atom. The van der Waals surface area contributed by atoms with Gasteiger partial charge in [-0.05, 0) is 5.92 Å². The van der Waals surface area contributed by atoms with Gasteiger partial charge in [-0.15, -0.1) is 19.6 Å².